The molecule has 0 radical (unpaired) electrons. The average molecular weight is 300 g/mol. The Morgan fingerprint density at radius 2 is 1.86 bits per heavy atom. The summed E-state index contributed by atoms with van der Waals surface area (Å²) in [6.45, 7) is 7.00. The van der Waals surface area contributed by atoms with Crippen LogP contribution in [0.4, 0.5) is 11.6 Å². The third-order valence-corrected chi connectivity index (χ3v) is 3.19. The van der Waals surface area contributed by atoms with Crippen LogP contribution in [0, 0.1) is 6.92 Å². The third kappa shape index (κ3) is 3.39. The van der Waals surface area contributed by atoms with Crippen molar-refractivity contribution in [3.05, 3.63) is 35.7 Å². The molecule has 0 spiro atoms. The van der Waals surface area contributed by atoms with Crippen molar-refractivity contribution in [2.75, 3.05) is 17.4 Å². The van der Waals surface area contributed by atoms with Gasteiger partial charge in [-0.05, 0) is 38.5 Å². The molecule has 2 N–H and O–H groups in total. The molecule has 1 aliphatic rings. The number of rotatable bonds is 5. The van der Waals surface area contributed by atoms with Crippen LogP contribution >= 0.6 is 0 Å². The molecule has 22 heavy (non-hydrogen) atoms. The first kappa shape index (κ1) is 14.4. The van der Waals surface area contributed by atoms with Crippen molar-refractivity contribution in [1.29, 1.82) is 0 Å². The van der Waals surface area contributed by atoms with Crippen molar-refractivity contribution in [2.24, 2.45) is 0 Å². The Hall–Kier alpha value is -2.50. The predicted molar refractivity (Wildman–Crippen MR) is 85.4 cm³/mol. The summed E-state index contributed by atoms with van der Waals surface area (Å²) in [7, 11) is 0. The van der Waals surface area contributed by atoms with Gasteiger partial charge in [0.25, 0.3) is 0 Å². The number of ether oxygens (including phenoxy) is 2. The van der Waals surface area contributed by atoms with Gasteiger partial charge in [-0.2, -0.15) is 0 Å². The highest BCUT2D eigenvalue weighted by atomic mass is 16.7. The highest BCUT2D eigenvalue weighted by molar-refractivity contribution is 5.49. The van der Waals surface area contributed by atoms with E-state index >= 15 is 0 Å². The van der Waals surface area contributed by atoms with Gasteiger partial charge >= 0.3 is 0 Å². The van der Waals surface area contributed by atoms with Crippen molar-refractivity contribution >= 4 is 11.6 Å². The molecule has 0 unspecified atom stereocenters. The SMILES string of the molecule is Cc1nc(NCc2ccc3c(c2)OCO3)cc(NC(C)C)n1. The summed E-state index contributed by atoms with van der Waals surface area (Å²) in [5.41, 5.74) is 1.11. The van der Waals surface area contributed by atoms with Crippen LogP contribution in [0.15, 0.2) is 24.3 Å². The van der Waals surface area contributed by atoms with E-state index < -0.39 is 0 Å². The second-order valence-corrected chi connectivity index (χ2v) is 5.53. The highest BCUT2D eigenvalue weighted by Gasteiger charge is 2.13. The second kappa shape index (κ2) is 6.09. The molecule has 3 rings (SSSR count). The fourth-order valence-electron chi connectivity index (χ4n) is 2.27. The lowest BCUT2D eigenvalue weighted by molar-refractivity contribution is 0.174. The van der Waals surface area contributed by atoms with E-state index in [1.54, 1.807) is 0 Å². The van der Waals surface area contributed by atoms with E-state index in [0.717, 1.165) is 34.5 Å². The van der Waals surface area contributed by atoms with Gasteiger partial charge in [0.1, 0.15) is 17.5 Å². The summed E-state index contributed by atoms with van der Waals surface area (Å²) >= 11 is 0. The maximum atomic E-state index is 5.39. The van der Waals surface area contributed by atoms with E-state index in [-0.39, 0.29) is 0 Å². The Morgan fingerprint density at radius 1 is 1.09 bits per heavy atom. The number of fused-ring (bicyclic) bond motifs is 1. The molecular weight excluding hydrogens is 280 g/mol. The van der Waals surface area contributed by atoms with Crippen LogP contribution in [0.3, 0.4) is 0 Å². The Kier molecular flexibility index (Phi) is 4.00. The second-order valence-electron chi connectivity index (χ2n) is 5.53. The van der Waals surface area contributed by atoms with Gasteiger partial charge in [0.15, 0.2) is 11.5 Å². The molecule has 1 aromatic carbocycles. The number of benzene rings is 1. The van der Waals surface area contributed by atoms with Crippen LogP contribution in [0.5, 0.6) is 11.5 Å². The van der Waals surface area contributed by atoms with Gasteiger partial charge in [-0.15, -0.1) is 0 Å². The number of nitrogens with zero attached hydrogens (tertiary/aromatic N) is 2. The molecule has 6 heteroatoms. The predicted octanol–water partition coefficient (Wildman–Crippen LogP) is 2.95. The molecule has 0 aliphatic carbocycles. The fraction of sp³-hybridized carbons (Fsp3) is 0.375. The van der Waals surface area contributed by atoms with Crippen LogP contribution < -0.4 is 20.1 Å². The minimum atomic E-state index is 0.293. The Balaban J connectivity index is 1.69. The van der Waals surface area contributed by atoms with Crippen LogP contribution in [-0.2, 0) is 6.54 Å². The molecule has 0 saturated heterocycles. The lowest BCUT2D eigenvalue weighted by atomic mass is 10.2. The van der Waals surface area contributed by atoms with Gasteiger partial charge in [-0.1, -0.05) is 6.07 Å². The quantitative estimate of drug-likeness (QED) is 0.885. The van der Waals surface area contributed by atoms with Crippen LogP contribution in [0.2, 0.25) is 0 Å². The Bertz CT molecular complexity index is 673. The molecular formula is C16H20N4O2. The minimum absolute atomic E-state index is 0.293. The van der Waals surface area contributed by atoms with Crippen molar-refractivity contribution in [1.82, 2.24) is 9.97 Å². The molecule has 1 aromatic heterocycles. The lowest BCUT2D eigenvalue weighted by Crippen LogP contribution is -2.13. The smallest absolute Gasteiger partial charge is 0.231 e. The van der Waals surface area contributed by atoms with Crippen LogP contribution in [-0.4, -0.2) is 22.8 Å². The maximum absolute atomic E-state index is 5.39. The zero-order valence-electron chi connectivity index (χ0n) is 13.0. The molecule has 0 fully saturated rings. The molecule has 0 bridgehead atoms. The van der Waals surface area contributed by atoms with Gasteiger partial charge in [-0.3, -0.25) is 0 Å². The summed E-state index contributed by atoms with van der Waals surface area (Å²) < 4.78 is 10.7. The first-order chi connectivity index (χ1) is 10.6. The van der Waals surface area contributed by atoms with Crippen LogP contribution in [0.25, 0.3) is 0 Å². The van der Waals surface area contributed by atoms with E-state index in [0.29, 0.717) is 19.4 Å². The standard InChI is InChI=1S/C16H20N4O2/c1-10(2)18-16-7-15(19-11(3)20-16)17-8-12-4-5-13-14(6-12)22-9-21-13/h4-7,10H,8-9H2,1-3H3,(H2,17,18,19,20). The number of aromatic nitrogens is 2. The number of hydrogen-bond donors (Lipinski definition) is 2. The Labute approximate surface area is 129 Å². The number of aryl methyl sites for hydroxylation is 1. The van der Waals surface area contributed by atoms with Gasteiger partial charge in [0.05, 0.1) is 0 Å². The zero-order valence-corrected chi connectivity index (χ0v) is 13.0. The van der Waals surface area contributed by atoms with Crippen molar-refractivity contribution in [2.45, 2.75) is 33.4 Å². The number of nitrogens with one attached hydrogen (secondary N) is 2. The summed E-state index contributed by atoms with van der Waals surface area (Å²) in [5, 5.41) is 6.61. The van der Waals surface area contributed by atoms with E-state index in [4.69, 9.17) is 9.47 Å². The first-order valence-electron chi connectivity index (χ1n) is 7.35. The van der Waals surface area contributed by atoms with Gasteiger partial charge < -0.3 is 20.1 Å². The molecule has 0 atom stereocenters. The Morgan fingerprint density at radius 3 is 2.68 bits per heavy atom. The molecule has 0 amide bonds. The fourth-order valence-corrected chi connectivity index (χ4v) is 2.27. The van der Waals surface area contributed by atoms with E-state index in [1.807, 2.05) is 31.2 Å². The topological polar surface area (TPSA) is 68.3 Å². The van der Waals surface area contributed by atoms with Crippen molar-refractivity contribution in [3.63, 3.8) is 0 Å². The molecule has 6 nitrogen and oxygen atoms in total. The maximum Gasteiger partial charge on any atom is 0.231 e. The molecule has 2 heterocycles. The summed E-state index contributed by atoms with van der Waals surface area (Å²) in [4.78, 5) is 8.79. The molecule has 2 aromatic rings. The lowest BCUT2D eigenvalue weighted by Gasteiger charge is -2.12. The molecule has 1 aliphatic heterocycles. The number of hydrogen-bond acceptors (Lipinski definition) is 6. The summed E-state index contributed by atoms with van der Waals surface area (Å²) in [6.07, 6.45) is 0. The molecule has 116 valence electrons. The largest absolute Gasteiger partial charge is 0.454 e. The van der Waals surface area contributed by atoms with Crippen molar-refractivity contribution in [3.8, 4) is 11.5 Å². The number of anilines is 2. The summed E-state index contributed by atoms with van der Waals surface area (Å²) in [5.74, 6) is 3.95. The monoisotopic (exact) mass is 300 g/mol. The normalized spacial score (nSPS) is 12.5. The highest BCUT2D eigenvalue weighted by Crippen LogP contribution is 2.32. The van der Waals surface area contributed by atoms with Crippen LogP contribution in [0.1, 0.15) is 25.2 Å². The van der Waals surface area contributed by atoms with Crippen molar-refractivity contribution < 1.29 is 9.47 Å². The third-order valence-electron chi connectivity index (χ3n) is 3.19. The minimum Gasteiger partial charge on any atom is -0.454 e. The average Bonchev–Trinajstić information content (AvgIpc) is 2.91. The van der Waals surface area contributed by atoms with E-state index in [2.05, 4.69) is 34.4 Å². The first-order valence-corrected chi connectivity index (χ1v) is 7.35. The van der Waals surface area contributed by atoms with E-state index in [9.17, 15) is 0 Å². The molecule has 0 saturated carbocycles. The van der Waals surface area contributed by atoms with Gasteiger partial charge in [0, 0.05) is 18.7 Å². The summed E-state index contributed by atoms with van der Waals surface area (Å²) in [6, 6.07) is 8.17. The van der Waals surface area contributed by atoms with E-state index in [1.165, 1.54) is 0 Å². The van der Waals surface area contributed by atoms with Gasteiger partial charge in [-0.25, -0.2) is 9.97 Å². The van der Waals surface area contributed by atoms with Gasteiger partial charge in [0.2, 0.25) is 6.79 Å². The zero-order chi connectivity index (χ0) is 15.5.